The molecule has 20 heavy (non-hydrogen) atoms. The van der Waals surface area contributed by atoms with E-state index in [4.69, 9.17) is 10.5 Å². The van der Waals surface area contributed by atoms with Crippen molar-refractivity contribution in [2.24, 2.45) is 5.73 Å². The lowest BCUT2D eigenvalue weighted by Crippen LogP contribution is -2.12. The van der Waals surface area contributed by atoms with Crippen molar-refractivity contribution in [2.45, 2.75) is 0 Å². The Balaban J connectivity index is 2.14. The standard InChI is InChI=1S/C15H13N3O2/c1-20-14-5-4-9(7-10(14)15(16)19)12-8-13-11(18-12)3-2-6-17-13/h2-8,18H,1H3,(H2,16,19). The molecule has 0 atom stereocenters. The molecule has 3 N–H and O–H groups in total. The quantitative estimate of drug-likeness (QED) is 0.764. The van der Waals surface area contributed by atoms with E-state index in [-0.39, 0.29) is 0 Å². The number of ether oxygens (including phenoxy) is 1. The van der Waals surface area contributed by atoms with Crippen molar-refractivity contribution in [2.75, 3.05) is 7.11 Å². The monoisotopic (exact) mass is 267 g/mol. The van der Waals surface area contributed by atoms with Crippen LogP contribution in [0.5, 0.6) is 5.75 Å². The van der Waals surface area contributed by atoms with E-state index in [9.17, 15) is 4.79 Å². The highest BCUT2D eigenvalue weighted by Crippen LogP contribution is 2.27. The minimum Gasteiger partial charge on any atom is -0.496 e. The third-order valence-electron chi connectivity index (χ3n) is 3.16. The van der Waals surface area contributed by atoms with Gasteiger partial charge in [0.1, 0.15) is 5.75 Å². The third-order valence-corrected chi connectivity index (χ3v) is 3.16. The molecule has 2 heterocycles. The Morgan fingerprint density at radius 3 is 2.85 bits per heavy atom. The number of rotatable bonds is 3. The predicted octanol–water partition coefficient (Wildman–Crippen LogP) is 2.34. The number of hydrogen-bond acceptors (Lipinski definition) is 3. The zero-order valence-electron chi connectivity index (χ0n) is 10.9. The number of primary amides is 1. The molecule has 0 radical (unpaired) electrons. The Bertz CT molecular complexity index is 760. The molecule has 0 aliphatic rings. The maximum Gasteiger partial charge on any atom is 0.252 e. The van der Waals surface area contributed by atoms with Crippen LogP contribution in [0.4, 0.5) is 0 Å². The molecule has 0 saturated heterocycles. The van der Waals surface area contributed by atoms with Gasteiger partial charge in [-0.2, -0.15) is 0 Å². The summed E-state index contributed by atoms with van der Waals surface area (Å²) in [5, 5.41) is 0. The van der Waals surface area contributed by atoms with Gasteiger partial charge in [0.15, 0.2) is 0 Å². The Kier molecular flexibility index (Phi) is 2.87. The molecule has 0 aliphatic heterocycles. The van der Waals surface area contributed by atoms with Gasteiger partial charge in [-0.05, 0) is 42.0 Å². The first-order valence-electron chi connectivity index (χ1n) is 6.11. The van der Waals surface area contributed by atoms with Gasteiger partial charge in [-0.1, -0.05) is 0 Å². The van der Waals surface area contributed by atoms with Gasteiger partial charge in [0.2, 0.25) is 0 Å². The fourth-order valence-electron chi connectivity index (χ4n) is 2.18. The number of aromatic nitrogens is 2. The minimum absolute atomic E-state index is 0.358. The van der Waals surface area contributed by atoms with Crippen LogP contribution in [0.15, 0.2) is 42.6 Å². The molecule has 0 saturated carbocycles. The first kappa shape index (κ1) is 12.2. The van der Waals surface area contributed by atoms with Crippen molar-refractivity contribution in [3.8, 4) is 17.0 Å². The van der Waals surface area contributed by atoms with Gasteiger partial charge in [-0.25, -0.2) is 0 Å². The molecule has 100 valence electrons. The van der Waals surface area contributed by atoms with Crippen LogP contribution in [0.1, 0.15) is 10.4 Å². The number of carbonyl (C=O) groups excluding carboxylic acids is 1. The topological polar surface area (TPSA) is 81.0 Å². The number of fused-ring (bicyclic) bond motifs is 1. The van der Waals surface area contributed by atoms with Crippen molar-refractivity contribution in [3.63, 3.8) is 0 Å². The molecule has 5 heteroatoms. The molecule has 0 fully saturated rings. The highest BCUT2D eigenvalue weighted by Gasteiger charge is 2.12. The minimum atomic E-state index is -0.516. The van der Waals surface area contributed by atoms with E-state index in [1.165, 1.54) is 7.11 Å². The highest BCUT2D eigenvalue weighted by molar-refractivity contribution is 5.97. The number of nitrogens with two attached hydrogens (primary N) is 1. The van der Waals surface area contributed by atoms with Gasteiger partial charge in [-0.15, -0.1) is 0 Å². The summed E-state index contributed by atoms with van der Waals surface area (Å²) in [4.78, 5) is 19.0. The summed E-state index contributed by atoms with van der Waals surface area (Å²) in [5.74, 6) is -0.0478. The number of aromatic amines is 1. The number of amides is 1. The second kappa shape index (κ2) is 4.70. The van der Waals surface area contributed by atoms with Crippen LogP contribution in [-0.2, 0) is 0 Å². The van der Waals surface area contributed by atoms with E-state index in [1.54, 1.807) is 18.3 Å². The van der Waals surface area contributed by atoms with Crippen LogP contribution in [0.25, 0.3) is 22.3 Å². The maximum absolute atomic E-state index is 11.5. The predicted molar refractivity (Wildman–Crippen MR) is 76.6 cm³/mol. The fourth-order valence-corrected chi connectivity index (χ4v) is 2.18. The van der Waals surface area contributed by atoms with Crippen molar-refractivity contribution < 1.29 is 9.53 Å². The number of carbonyl (C=O) groups is 1. The number of H-pyrrole nitrogens is 1. The summed E-state index contributed by atoms with van der Waals surface area (Å²) in [6, 6.07) is 11.1. The van der Waals surface area contributed by atoms with Crippen LogP contribution >= 0.6 is 0 Å². The lowest BCUT2D eigenvalue weighted by atomic mass is 10.1. The first-order chi connectivity index (χ1) is 9.69. The Labute approximate surface area is 115 Å². The van der Waals surface area contributed by atoms with Gasteiger partial charge in [-0.3, -0.25) is 9.78 Å². The summed E-state index contributed by atoms with van der Waals surface area (Å²) < 4.78 is 5.13. The average Bonchev–Trinajstić information content (AvgIpc) is 2.90. The zero-order valence-corrected chi connectivity index (χ0v) is 10.9. The summed E-state index contributed by atoms with van der Waals surface area (Å²) >= 11 is 0. The van der Waals surface area contributed by atoms with Gasteiger partial charge in [0.25, 0.3) is 5.91 Å². The summed E-state index contributed by atoms with van der Waals surface area (Å²) in [7, 11) is 1.51. The average molecular weight is 267 g/mol. The van der Waals surface area contributed by atoms with Crippen molar-refractivity contribution in [3.05, 3.63) is 48.2 Å². The molecular weight excluding hydrogens is 254 g/mol. The Morgan fingerprint density at radius 1 is 1.30 bits per heavy atom. The van der Waals surface area contributed by atoms with E-state index >= 15 is 0 Å². The van der Waals surface area contributed by atoms with Crippen LogP contribution in [-0.4, -0.2) is 23.0 Å². The summed E-state index contributed by atoms with van der Waals surface area (Å²) in [6.45, 7) is 0. The molecule has 0 spiro atoms. The van der Waals surface area contributed by atoms with E-state index in [0.29, 0.717) is 11.3 Å². The van der Waals surface area contributed by atoms with E-state index in [2.05, 4.69) is 9.97 Å². The van der Waals surface area contributed by atoms with E-state index in [0.717, 1.165) is 22.3 Å². The van der Waals surface area contributed by atoms with Crippen LogP contribution in [0.2, 0.25) is 0 Å². The van der Waals surface area contributed by atoms with Crippen LogP contribution in [0, 0.1) is 0 Å². The van der Waals surface area contributed by atoms with E-state index < -0.39 is 5.91 Å². The largest absolute Gasteiger partial charge is 0.496 e. The molecule has 0 aliphatic carbocycles. The second-order valence-electron chi connectivity index (χ2n) is 4.40. The van der Waals surface area contributed by atoms with Gasteiger partial charge in [0.05, 0.1) is 23.7 Å². The highest BCUT2D eigenvalue weighted by atomic mass is 16.5. The fraction of sp³-hybridized carbons (Fsp3) is 0.0667. The first-order valence-corrected chi connectivity index (χ1v) is 6.11. The molecule has 0 bridgehead atoms. The van der Waals surface area contributed by atoms with Gasteiger partial charge in [0, 0.05) is 11.9 Å². The lowest BCUT2D eigenvalue weighted by Gasteiger charge is -2.07. The molecule has 3 aromatic rings. The molecule has 1 amide bonds. The summed E-state index contributed by atoms with van der Waals surface area (Å²) in [5.41, 5.74) is 9.28. The number of hydrogen-bond donors (Lipinski definition) is 2. The SMILES string of the molecule is COc1ccc(-c2cc3ncccc3[nH]2)cc1C(N)=O. The molecule has 0 unspecified atom stereocenters. The smallest absolute Gasteiger partial charge is 0.252 e. The van der Waals surface area contributed by atoms with Crippen molar-refractivity contribution >= 4 is 16.9 Å². The lowest BCUT2D eigenvalue weighted by molar-refractivity contribution is 0.0997. The molecule has 1 aromatic carbocycles. The number of pyridine rings is 1. The molecular formula is C15H13N3O2. The zero-order chi connectivity index (χ0) is 14.1. The Morgan fingerprint density at radius 2 is 2.15 bits per heavy atom. The van der Waals surface area contributed by atoms with Crippen LogP contribution < -0.4 is 10.5 Å². The molecule has 5 nitrogen and oxygen atoms in total. The Hall–Kier alpha value is -2.82. The van der Waals surface area contributed by atoms with Crippen molar-refractivity contribution in [1.29, 1.82) is 0 Å². The van der Waals surface area contributed by atoms with Crippen LogP contribution in [0.3, 0.4) is 0 Å². The molecule has 3 rings (SSSR count). The van der Waals surface area contributed by atoms with Gasteiger partial charge < -0.3 is 15.5 Å². The number of methoxy groups -OCH3 is 1. The number of nitrogens with zero attached hydrogens (tertiary/aromatic N) is 1. The normalized spacial score (nSPS) is 10.7. The summed E-state index contributed by atoms with van der Waals surface area (Å²) in [6.07, 6.45) is 1.74. The second-order valence-corrected chi connectivity index (χ2v) is 4.40. The van der Waals surface area contributed by atoms with E-state index in [1.807, 2.05) is 24.3 Å². The van der Waals surface area contributed by atoms with Crippen molar-refractivity contribution in [1.82, 2.24) is 9.97 Å². The third kappa shape index (κ3) is 1.99. The number of benzene rings is 1. The molecule has 2 aromatic heterocycles. The number of nitrogens with one attached hydrogen (secondary N) is 1. The van der Waals surface area contributed by atoms with Gasteiger partial charge >= 0.3 is 0 Å². The maximum atomic E-state index is 11.5.